The number of nitrogens with zero attached hydrogens (tertiary/aromatic N) is 2. The lowest BCUT2D eigenvalue weighted by atomic mass is 10.1. The van der Waals surface area contributed by atoms with Crippen molar-refractivity contribution in [2.75, 3.05) is 19.5 Å². The minimum Gasteiger partial charge on any atom is -0.497 e. The standard InChI is InChI=1S/C24H27N3O3/c1-29-21-11-12-22(30-2)18(15-21)8-13-23(28)26-19-9-6-17(7-10-19)24-25-16-20-5-3-4-14-27(20)24/h6-7,9-12,15-16H,3-5,8,13-14H2,1-2H3,(H,26,28). The third-order valence-electron chi connectivity index (χ3n) is 5.54. The molecular weight excluding hydrogens is 378 g/mol. The van der Waals surface area contributed by atoms with E-state index in [0.29, 0.717) is 12.8 Å². The lowest BCUT2D eigenvalue weighted by Crippen LogP contribution is -2.13. The first-order valence-electron chi connectivity index (χ1n) is 10.3. The molecule has 0 aliphatic carbocycles. The molecular formula is C24H27N3O3. The van der Waals surface area contributed by atoms with Gasteiger partial charge in [0.1, 0.15) is 17.3 Å². The molecule has 0 saturated heterocycles. The van der Waals surface area contributed by atoms with Gasteiger partial charge in [-0.1, -0.05) is 0 Å². The Bertz CT molecular complexity index is 1020. The van der Waals surface area contributed by atoms with Crippen molar-refractivity contribution < 1.29 is 14.3 Å². The number of ether oxygens (including phenoxy) is 2. The van der Waals surface area contributed by atoms with Gasteiger partial charge in [-0.2, -0.15) is 0 Å². The Balaban J connectivity index is 1.38. The Kier molecular flexibility index (Phi) is 6.02. The molecule has 6 heteroatoms. The molecule has 2 aromatic carbocycles. The normalized spacial score (nSPS) is 12.9. The first-order chi connectivity index (χ1) is 14.7. The van der Waals surface area contributed by atoms with Crippen LogP contribution in [0.5, 0.6) is 11.5 Å². The van der Waals surface area contributed by atoms with E-state index >= 15 is 0 Å². The van der Waals surface area contributed by atoms with E-state index in [1.165, 1.54) is 18.5 Å². The van der Waals surface area contributed by atoms with Crippen LogP contribution in [-0.2, 0) is 24.2 Å². The summed E-state index contributed by atoms with van der Waals surface area (Å²) in [5.74, 6) is 2.48. The third-order valence-corrected chi connectivity index (χ3v) is 5.54. The minimum atomic E-state index is -0.0363. The molecule has 6 nitrogen and oxygen atoms in total. The van der Waals surface area contributed by atoms with Crippen LogP contribution in [0.25, 0.3) is 11.4 Å². The van der Waals surface area contributed by atoms with Crippen molar-refractivity contribution in [1.82, 2.24) is 9.55 Å². The molecule has 0 fully saturated rings. The Morgan fingerprint density at radius 3 is 2.70 bits per heavy atom. The summed E-state index contributed by atoms with van der Waals surface area (Å²) in [4.78, 5) is 17.1. The van der Waals surface area contributed by atoms with Crippen LogP contribution in [0.4, 0.5) is 5.69 Å². The highest BCUT2D eigenvalue weighted by atomic mass is 16.5. The maximum atomic E-state index is 12.4. The maximum Gasteiger partial charge on any atom is 0.224 e. The Morgan fingerprint density at radius 1 is 1.10 bits per heavy atom. The smallest absolute Gasteiger partial charge is 0.224 e. The summed E-state index contributed by atoms with van der Waals surface area (Å²) >= 11 is 0. The number of amides is 1. The summed E-state index contributed by atoms with van der Waals surface area (Å²) in [5, 5.41) is 2.97. The number of fused-ring (bicyclic) bond motifs is 1. The molecule has 4 rings (SSSR count). The Hall–Kier alpha value is -3.28. The van der Waals surface area contributed by atoms with Crippen molar-refractivity contribution in [3.8, 4) is 22.9 Å². The van der Waals surface area contributed by atoms with Crippen LogP contribution >= 0.6 is 0 Å². The zero-order valence-electron chi connectivity index (χ0n) is 17.5. The molecule has 30 heavy (non-hydrogen) atoms. The second kappa shape index (κ2) is 9.03. The highest BCUT2D eigenvalue weighted by Crippen LogP contribution is 2.27. The van der Waals surface area contributed by atoms with Crippen molar-refractivity contribution in [3.05, 3.63) is 59.9 Å². The quantitative estimate of drug-likeness (QED) is 0.630. The van der Waals surface area contributed by atoms with Gasteiger partial charge in [0.25, 0.3) is 0 Å². The SMILES string of the molecule is COc1ccc(OC)c(CCC(=O)Nc2ccc(-c3ncc4n3CCCC4)cc2)c1. The average molecular weight is 405 g/mol. The van der Waals surface area contributed by atoms with E-state index in [9.17, 15) is 4.79 Å². The molecule has 0 atom stereocenters. The molecule has 3 aromatic rings. The van der Waals surface area contributed by atoms with Crippen LogP contribution in [0.3, 0.4) is 0 Å². The summed E-state index contributed by atoms with van der Waals surface area (Å²) in [7, 11) is 3.26. The number of aromatic nitrogens is 2. The number of carbonyl (C=O) groups is 1. The van der Waals surface area contributed by atoms with E-state index < -0.39 is 0 Å². The summed E-state index contributed by atoms with van der Waals surface area (Å²) < 4.78 is 13.0. The molecule has 1 N–H and O–H groups in total. The number of hydrogen-bond donors (Lipinski definition) is 1. The monoisotopic (exact) mass is 405 g/mol. The van der Waals surface area contributed by atoms with Gasteiger partial charge in [-0.15, -0.1) is 0 Å². The number of aryl methyl sites for hydroxylation is 2. The first kappa shape index (κ1) is 20.0. The van der Waals surface area contributed by atoms with Gasteiger partial charge in [-0.25, -0.2) is 4.98 Å². The number of nitrogens with one attached hydrogen (secondary N) is 1. The number of imidazole rings is 1. The topological polar surface area (TPSA) is 65.4 Å². The highest BCUT2D eigenvalue weighted by molar-refractivity contribution is 5.91. The summed E-state index contributed by atoms with van der Waals surface area (Å²) in [5.41, 5.74) is 4.11. The van der Waals surface area contributed by atoms with E-state index in [4.69, 9.17) is 9.47 Å². The molecule has 156 valence electrons. The van der Waals surface area contributed by atoms with Gasteiger partial charge in [-0.05, 0) is 73.7 Å². The fourth-order valence-corrected chi connectivity index (χ4v) is 3.92. The number of hydrogen-bond acceptors (Lipinski definition) is 4. The van der Waals surface area contributed by atoms with Crippen molar-refractivity contribution in [2.24, 2.45) is 0 Å². The summed E-state index contributed by atoms with van der Waals surface area (Å²) in [6, 6.07) is 13.5. The molecule has 1 aliphatic heterocycles. The molecule has 1 amide bonds. The zero-order chi connectivity index (χ0) is 20.9. The summed E-state index contributed by atoms with van der Waals surface area (Å²) in [6.07, 6.45) is 6.44. The van der Waals surface area contributed by atoms with E-state index in [2.05, 4.69) is 14.9 Å². The Morgan fingerprint density at radius 2 is 1.93 bits per heavy atom. The minimum absolute atomic E-state index is 0.0363. The molecule has 1 aliphatic rings. The largest absolute Gasteiger partial charge is 0.497 e. The molecule has 0 saturated carbocycles. The molecule has 0 radical (unpaired) electrons. The van der Waals surface area contributed by atoms with Crippen LogP contribution in [-0.4, -0.2) is 29.7 Å². The highest BCUT2D eigenvalue weighted by Gasteiger charge is 2.15. The summed E-state index contributed by atoms with van der Waals surface area (Å²) in [6.45, 7) is 1.02. The molecule has 0 spiro atoms. The van der Waals surface area contributed by atoms with Gasteiger partial charge < -0.3 is 19.4 Å². The van der Waals surface area contributed by atoms with Gasteiger partial charge in [0, 0.05) is 36.1 Å². The number of carbonyl (C=O) groups excluding carboxylic acids is 1. The van der Waals surface area contributed by atoms with Crippen molar-refractivity contribution in [2.45, 2.75) is 38.6 Å². The fraction of sp³-hybridized carbons (Fsp3) is 0.333. The maximum absolute atomic E-state index is 12.4. The van der Waals surface area contributed by atoms with Gasteiger partial charge >= 0.3 is 0 Å². The fourth-order valence-electron chi connectivity index (χ4n) is 3.92. The number of benzene rings is 2. The van der Waals surface area contributed by atoms with Crippen LogP contribution in [0.15, 0.2) is 48.7 Å². The van der Waals surface area contributed by atoms with Crippen LogP contribution < -0.4 is 14.8 Å². The molecule has 1 aromatic heterocycles. The van der Waals surface area contributed by atoms with Crippen LogP contribution in [0, 0.1) is 0 Å². The van der Waals surface area contributed by atoms with Gasteiger partial charge in [-0.3, -0.25) is 4.79 Å². The first-order valence-corrected chi connectivity index (χ1v) is 10.3. The predicted molar refractivity (Wildman–Crippen MR) is 117 cm³/mol. The van der Waals surface area contributed by atoms with Crippen LogP contribution in [0.1, 0.15) is 30.5 Å². The molecule has 2 heterocycles. The van der Waals surface area contributed by atoms with Gasteiger partial charge in [0.05, 0.1) is 14.2 Å². The lowest BCUT2D eigenvalue weighted by molar-refractivity contribution is -0.116. The van der Waals surface area contributed by atoms with Crippen molar-refractivity contribution in [3.63, 3.8) is 0 Å². The van der Waals surface area contributed by atoms with Crippen LogP contribution in [0.2, 0.25) is 0 Å². The molecule has 0 bridgehead atoms. The predicted octanol–water partition coefficient (Wildman–Crippen LogP) is 4.47. The third kappa shape index (κ3) is 4.32. The van der Waals surface area contributed by atoms with Crippen molar-refractivity contribution >= 4 is 11.6 Å². The van der Waals surface area contributed by atoms with E-state index in [1.54, 1.807) is 14.2 Å². The van der Waals surface area contributed by atoms with Gasteiger partial charge in [0.15, 0.2) is 0 Å². The van der Waals surface area contributed by atoms with Gasteiger partial charge in [0.2, 0.25) is 5.91 Å². The number of rotatable bonds is 7. The number of methoxy groups -OCH3 is 2. The molecule has 0 unspecified atom stereocenters. The van der Waals surface area contributed by atoms with E-state index in [-0.39, 0.29) is 5.91 Å². The average Bonchev–Trinajstić information content (AvgIpc) is 3.22. The second-order valence-electron chi connectivity index (χ2n) is 7.49. The Labute approximate surface area is 176 Å². The van der Waals surface area contributed by atoms with E-state index in [0.717, 1.165) is 47.1 Å². The second-order valence-corrected chi connectivity index (χ2v) is 7.49. The number of anilines is 1. The van der Waals surface area contributed by atoms with E-state index in [1.807, 2.05) is 48.7 Å². The van der Waals surface area contributed by atoms with Crippen molar-refractivity contribution in [1.29, 1.82) is 0 Å². The zero-order valence-corrected chi connectivity index (χ0v) is 17.5. The lowest BCUT2D eigenvalue weighted by Gasteiger charge is -2.16.